The number of carbonyl (C=O) groups is 2. The van der Waals surface area contributed by atoms with Gasteiger partial charge in [-0.3, -0.25) is 14.5 Å². The van der Waals surface area contributed by atoms with E-state index in [4.69, 9.17) is 11.6 Å². The second-order valence-electron chi connectivity index (χ2n) is 7.36. The third-order valence-electron chi connectivity index (χ3n) is 5.54. The monoisotopic (exact) mass is 377 g/mol. The Morgan fingerprint density at radius 1 is 1.12 bits per heavy atom. The number of hydrogen-bond acceptors (Lipinski definition) is 3. The van der Waals surface area contributed by atoms with Crippen LogP contribution < -0.4 is 5.32 Å². The summed E-state index contributed by atoms with van der Waals surface area (Å²) in [6.07, 6.45) is 5.56. The van der Waals surface area contributed by atoms with Crippen LogP contribution in [0.4, 0.5) is 0 Å². The van der Waals surface area contributed by atoms with E-state index in [-0.39, 0.29) is 24.3 Å². The van der Waals surface area contributed by atoms with Crippen molar-refractivity contribution in [2.75, 3.05) is 26.2 Å². The summed E-state index contributed by atoms with van der Waals surface area (Å²) < 4.78 is 0. The third kappa shape index (κ3) is 4.98. The summed E-state index contributed by atoms with van der Waals surface area (Å²) in [5.41, 5.74) is 0.905. The second kappa shape index (κ2) is 8.87. The smallest absolute Gasteiger partial charge is 0.225 e. The van der Waals surface area contributed by atoms with Crippen molar-refractivity contribution in [3.63, 3.8) is 0 Å². The summed E-state index contributed by atoms with van der Waals surface area (Å²) in [4.78, 5) is 28.8. The van der Waals surface area contributed by atoms with Crippen molar-refractivity contribution in [2.24, 2.45) is 0 Å². The minimum Gasteiger partial charge on any atom is -0.349 e. The Kier molecular flexibility index (Phi) is 6.54. The summed E-state index contributed by atoms with van der Waals surface area (Å²) >= 11 is 5.95. The molecule has 2 aliphatic rings. The average molecular weight is 378 g/mol. The Balaban J connectivity index is 1.57. The van der Waals surface area contributed by atoms with Gasteiger partial charge in [0.25, 0.3) is 0 Å². The largest absolute Gasteiger partial charge is 0.349 e. The lowest BCUT2D eigenvalue weighted by molar-refractivity contribution is -0.134. The van der Waals surface area contributed by atoms with E-state index in [1.54, 1.807) is 12.1 Å². The molecule has 2 fully saturated rings. The molecule has 1 atom stereocenters. The zero-order valence-corrected chi connectivity index (χ0v) is 16.2. The Hall–Kier alpha value is -1.59. The van der Waals surface area contributed by atoms with Gasteiger partial charge in [-0.05, 0) is 30.5 Å². The van der Waals surface area contributed by atoms with Crippen molar-refractivity contribution in [3.05, 3.63) is 34.9 Å². The number of hydrogen-bond donors (Lipinski definition) is 1. The molecule has 1 aromatic rings. The quantitative estimate of drug-likeness (QED) is 0.858. The number of rotatable bonds is 5. The normalized spacial score (nSPS) is 20.2. The number of carbonyl (C=O) groups excluding carboxylic acids is 2. The minimum atomic E-state index is -0.315. The van der Waals surface area contributed by atoms with Crippen molar-refractivity contribution in [3.8, 4) is 0 Å². The number of amides is 2. The van der Waals surface area contributed by atoms with Gasteiger partial charge in [0.05, 0.1) is 12.5 Å². The standard InChI is InChI=1S/C20H28ClN3O2/c1-15(25)22-19(16-6-8-17(21)9-7-16)14-20(26)24-12-10-23(11-13-24)18-4-2-3-5-18/h6-9,18-19H,2-5,10-14H2,1H3,(H,22,25). The van der Waals surface area contributed by atoms with Crippen molar-refractivity contribution in [1.82, 2.24) is 15.1 Å². The summed E-state index contributed by atoms with van der Waals surface area (Å²) in [7, 11) is 0. The maximum Gasteiger partial charge on any atom is 0.225 e. The van der Waals surface area contributed by atoms with Crippen LogP contribution in [0.3, 0.4) is 0 Å². The van der Waals surface area contributed by atoms with Crippen LogP contribution in [0, 0.1) is 0 Å². The molecule has 0 radical (unpaired) electrons. The third-order valence-corrected chi connectivity index (χ3v) is 5.79. The van der Waals surface area contributed by atoms with Gasteiger partial charge in [-0.2, -0.15) is 0 Å². The highest BCUT2D eigenvalue weighted by Crippen LogP contribution is 2.25. The molecule has 6 heteroatoms. The SMILES string of the molecule is CC(=O)NC(CC(=O)N1CCN(C2CCCC2)CC1)c1ccc(Cl)cc1. The van der Waals surface area contributed by atoms with E-state index < -0.39 is 0 Å². The van der Waals surface area contributed by atoms with Gasteiger partial charge in [0.2, 0.25) is 11.8 Å². The number of piperazine rings is 1. The zero-order valence-electron chi connectivity index (χ0n) is 15.4. The van der Waals surface area contributed by atoms with Gasteiger partial charge >= 0.3 is 0 Å². The van der Waals surface area contributed by atoms with Crippen molar-refractivity contribution in [2.45, 2.75) is 51.1 Å². The molecule has 1 saturated carbocycles. The molecule has 5 nitrogen and oxygen atoms in total. The summed E-state index contributed by atoms with van der Waals surface area (Å²) in [5, 5.41) is 3.54. The molecule has 1 saturated heterocycles. The van der Waals surface area contributed by atoms with Crippen LogP contribution in [0.2, 0.25) is 5.02 Å². The Bertz CT molecular complexity index is 620. The summed E-state index contributed by atoms with van der Waals surface area (Å²) in [5.74, 6) is -0.0337. The highest BCUT2D eigenvalue weighted by Gasteiger charge is 2.29. The lowest BCUT2D eigenvalue weighted by Crippen LogP contribution is -2.51. The van der Waals surface area contributed by atoms with E-state index in [9.17, 15) is 9.59 Å². The predicted octanol–water partition coefficient (Wildman–Crippen LogP) is 2.99. The molecule has 142 valence electrons. The van der Waals surface area contributed by atoms with E-state index >= 15 is 0 Å². The zero-order chi connectivity index (χ0) is 18.5. The maximum absolute atomic E-state index is 12.8. The molecule has 1 aliphatic carbocycles. The summed E-state index contributed by atoms with van der Waals surface area (Å²) in [6.45, 7) is 4.96. The number of nitrogens with one attached hydrogen (secondary N) is 1. The molecule has 3 rings (SSSR count). The molecule has 0 bridgehead atoms. The molecular weight excluding hydrogens is 350 g/mol. The van der Waals surface area contributed by atoms with Crippen LogP contribution in [-0.4, -0.2) is 53.8 Å². The highest BCUT2D eigenvalue weighted by atomic mass is 35.5. The van der Waals surface area contributed by atoms with Gasteiger partial charge in [0.1, 0.15) is 0 Å². The molecule has 0 spiro atoms. The first kappa shape index (κ1) is 19.2. The molecule has 0 aromatic heterocycles. The molecule has 1 unspecified atom stereocenters. The molecule has 2 amide bonds. The van der Waals surface area contributed by atoms with Crippen LogP contribution in [0.15, 0.2) is 24.3 Å². The van der Waals surface area contributed by atoms with E-state index in [2.05, 4.69) is 10.2 Å². The topological polar surface area (TPSA) is 52.7 Å². The van der Waals surface area contributed by atoms with Gasteiger partial charge in [0, 0.05) is 44.2 Å². The van der Waals surface area contributed by atoms with Crippen LogP contribution in [-0.2, 0) is 9.59 Å². The summed E-state index contributed by atoms with van der Waals surface area (Å²) in [6, 6.07) is 7.72. The lowest BCUT2D eigenvalue weighted by Gasteiger charge is -2.38. The fourth-order valence-electron chi connectivity index (χ4n) is 4.10. The highest BCUT2D eigenvalue weighted by molar-refractivity contribution is 6.30. The fourth-order valence-corrected chi connectivity index (χ4v) is 4.23. The average Bonchev–Trinajstić information content (AvgIpc) is 3.16. The second-order valence-corrected chi connectivity index (χ2v) is 7.80. The molecule has 1 heterocycles. The van der Waals surface area contributed by atoms with Crippen molar-refractivity contribution >= 4 is 23.4 Å². The fraction of sp³-hybridized carbons (Fsp3) is 0.600. The molecule has 1 aliphatic heterocycles. The van der Waals surface area contributed by atoms with Gasteiger partial charge in [-0.25, -0.2) is 0 Å². The van der Waals surface area contributed by atoms with E-state index in [1.807, 2.05) is 17.0 Å². The van der Waals surface area contributed by atoms with Crippen LogP contribution in [0.25, 0.3) is 0 Å². The predicted molar refractivity (Wildman–Crippen MR) is 103 cm³/mol. The van der Waals surface area contributed by atoms with Crippen LogP contribution in [0.5, 0.6) is 0 Å². The maximum atomic E-state index is 12.8. The van der Waals surface area contributed by atoms with E-state index in [0.29, 0.717) is 11.1 Å². The van der Waals surface area contributed by atoms with E-state index in [0.717, 1.165) is 31.7 Å². The van der Waals surface area contributed by atoms with Gasteiger partial charge in [-0.1, -0.05) is 36.6 Å². The molecule has 1 N–H and O–H groups in total. The lowest BCUT2D eigenvalue weighted by atomic mass is 10.0. The van der Waals surface area contributed by atoms with Gasteiger partial charge in [-0.15, -0.1) is 0 Å². The number of nitrogens with zero attached hydrogens (tertiary/aromatic N) is 2. The van der Waals surface area contributed by atoms with Crippen molar-refractivity contribution < 1.29 is 9.59 Å². The van der Waals surface area contributed by atoms with Crippen molar-refractivity contribution in [1.29, 1.82) is 0 Å². The Morgan fingerprint density at radius 2 is 1.73 bits per heavy atom. The molecule has 1 aromatic carbocycles. The van der Waals surface area contributed by atoms with E-state index in [1.165, 1.54) is 32.6 Å². The van der Waals surface area contributed by atoms with Crippen LogP contribution in [0.1, 0.15) is 50.6 Å². The first-order valence-electron chi connectivity index (χ1n) is 9.57. The Morgan fingerprint density at radius 3 is 2.31 bits per heavy atom. The van der Waals surface area contributed by atoms with Gasteiger partial charge in [0.15, 0.2) is 0 Å². The van der Waals surface area contributed by atoms with Gasteiger partial charge < -0.3 is 10.2 Å². The first-order valence-corrected chi connectivity index (χ1v) is 9.95. The number of halogens is 1. The minimum absolute atomic E-state index is 0.102. The number of benzene rings is 1. The first-order chi connectivity index (χ1) is 12.5. The molecule has 26 heavy (non-hydrogen) atoms. The molecular formula is C20H28ClN3O2. The van der Waals surface area contributed by atoms with Crippen LogP contribution >= 0.6 is 11.6 Å². The Labute approximate surface area is 160 Å².